The number of aliphatic hydroxyl groups is 2. The van der Waals surface area contributed by atoms with Crippen LogP contribution in [-0.4, -0.2) is 40.4 Å². The minimum atomic E-state index is -0.869. The van der Waals surface area contributed by atoms with E-state index in [0.29, 0.717) is 0 Å². The molecular formula is C11H18O4. The second-order valence-electron chi connectivity index (χ2n) is 4.02. The summed E-state index contributed by atoms with van der Waals surface area (Å²) in [7, 11) is 0. The molecule has 0 aromatic rings. The van der Waals surface area contributed by atoms with E-state index >= 15 is 0 Å². The van der Waals surface area contributed by atoms with Gasteiger partial charge in [0, 0.05) is 0 Å². The molecule has 0 aromatic heterocycles. The first-order valence-electron chi connectivity index (χ1n) is 4.88. The largest absolute Gasteiger partial charge is 0.386 e. The van der Waals surface area contributed by atoms with Crippen LogP contribution in [0.25, 0.3) is 0 Å². The van der Waals surface area contributed by atoms with Crippen molar-refractivity contribution in [1.82, 2.24) is 0 Å². The van der Waals surface area contributed by atoms with Crippen molar-refractivity contribution >= 4 is 0 Å². The molecule has 0 amide bonds. The molecule has 0 saturated carbocycles. The second kappa shape index (κ2) is 4.45. The number of aliphatic hydroxyl groups excluding tert-OH is 2. The molecule has 0 bridgehead atoms. The van der Waals surface area contributed by atoms with Crippen LogP contribution in [0.3, 0.4) is 0 Å². The Morgan fingerprint density at radius 2 is 1.40 bits per heavy atom. The van der Waals surface area contributed by atoms with Gasteiger partial charge in [-0.25, -0.2) is 0 Å². The van der Waals surface area contributed by atoms with E-state index in [-0.39, 0.29) is 0 Å². The molecule has 0 radical (unpaired) electrons. The molecule has 2 N–H and O–H groups in total. The van der Waals surface area contributed by atoms with Crippen LogP contribution in [0, 0.1) is 0 Å². The van der Waals surface area contributed by atoms with Crippen LogP contribution in [0.1, 0.15) is 13.8 Å². The number of rotatable bonds is 4. The molecule has 0 aromatic carbocycles. The predicted octanol–water partition coefficient (Wildman–Crippen LogP) is 0.600. The van der Waals surface area contributed by atoms with Gasteiger partial charge in [0.15, 0.2) is 5.79 Å². The molecule has 4 heteroatoms. The van der Waals surface area contributed by atoms with Gasteiger partial charge >= 0.3 is 0 Å². The van der Waals surface area contributed by atoms with E-state index in [1.54, 1.807) is 13.8 Å². The van der Waals surface area contributed by atoms with Crippen molar-refractivity contribution in [2.24, 2.45) is 0 Å². The van der Waals surface area contributed by atoms with E-state index in [4.69, 9.17) is 9.47 Å². The van der Waals surface area contributed by atoms with Crippen LogP contribution in [0.4, 0.5) is 0 Å². The predicted molar refractivity (Wildman–Crippen MR) is 56.2 cm³/mol. The van der Waals surface area contributed by atoms with Gasteiger partial charge in [0.2, 0.25) is 0 Å². The summed E-state index contributed by atoms with van der Waals surface area (Å²) in [5, 5.41) is 19.3. The minimum absolute atomic E-state index is 0.620. The molecule has 2 unspecified atom stereocenters. The van der Waals surface area contributed by atoms with E-state index in [2.05, 4.69) is 13.2 Å². The first-order valence-corrected chi connectivity index (χ1v) is 4.88. The van der Waals surface area contributed by atoms with Gasteiger partial charge in [-0.15, -0.1) is 13.2 Å². The molecule has 15 heavy (non-hydrogen) atoms. The zero-order valence-electron chi connectivity index (χ0n) is 9.09. The molecular weight excluding hydrogens is 196 g/mol. The highest BCUT2D eigenvalue weighted by Crippen LogP contribution is 2.32. The van der Waals surface area contributed by atoms with E-state index < -0.39 is 30.2 Å². The van der Waals surface area contributed by atoms with Crippen LogP contribution >= 0.6 is 0 Å². The normalized spacial score (nSPS) is 33.3. The number of hydrogen-bond acceptors (Lipinski definition) is 4. The van der Waals surface area contributed by atoms with Crippen LogP contribution in [-0.2, 0) is 9.47 Å². The highest BCUT2D eigenvalue weighted by atomic mass is 16.8. The van der Waals surface area contributed by atoms with Gasteiger partial charge in [-0.05, 0) is 13.8 Å². The van der Waals surface area contributed by atoms with Gasteiger partial charge < -0.3 is 19.7 Å². The number of hydrogen-bond donors (Lipinski definition) is 2. The fraction of sp³-hybridized carbons (Fsp3) is 0.636. The maximum atomic E-state index is 9.64. The maximum absolute atomic E-state index is 9.64. The smallest absolute Gasteiger partial charge is 0.164 e. The molecule has 4 atom stereocenters. The summed E-state index contributed by atoms with van der Waals surface area (Å²) in [6.45, 7) is 10.4. The maximum Gasteiger partial charge on any atom is 0.164 e. The second-order valence-corrected chi connectivity index (χ2v) is 4.02. The first kappa shape index (κ1) is 12.4. The Kier molecular flexibility index (Phi) is 3.67. The van der Waals surface area contributed by atoms with E-state index in [9.17, 15) is 10.2 Å². The molecule has 1 rings (SSSR count). The fourth-order valence-corrected chi connectivity index (χ4v) is 1.61. The Hall–Kier alpha value is -0.680. The Balaban J connectivity index is 2.83. The summed E-state index contributed by atoms with van der Waals surface area (Å²) in [5.74, 6) is -0.816. The van der Waals surface area contributed by atoms with E-state index in [0.717, 1.165) is 0 Å². The van der Waals surface area contributed by atoms with Crippen molar-refractivity contribution in [3.63, 3.8) is 0 Å². The fourth-order valence-electron chi connectivity index (χ4n) is 1.61. The lowest BCUT2D eigenvalue weighted by Gasteiger charge is -2.21. The monoisotopic (exact) mass is 214 g/mol. The Bertz CT molecular complexity index is 225. The summed E-state index contributed by atoms with van der Waals surface area (Å²) >= 11 is 0. The van der Waals surface area contributed by atoms with Crippen LogP contribution < -0.4 is 0 Å². The topological polar surface area (TPSA) is 58.9 Å². The lowest BCUT2D eigenvalue weighted by molar-refractivity contribution is -0.157. The van der Waals surface area contributed by atoms with Crippen LogP contribution in [0.2, 0.25) is 0 Å². The van der Waals surface area contributed by atoms with Gasteiger partial charge in [0.25, 0.3) is 0 Å². The summed E-state index contributed by atoms with van der Waals surface area (Å²) in [5.41, 5.74) is 0. The van der Waals surface area contributed by atoms with Crippen molar-refractivity contribution in [3.8, 4) is 0 Å². The summed E-state index contributed by atoms with van der Waals surface area (Å²) in [6, 6.07) is 0. The SMILES string of the molecule is C=CC(O)C1OC(C)(C)O[C@H]1[C@@H](O)C=C. The highest BCUT2D eigenvalue weighted by molar-refractivity contribution is 5.00. The van der Waals surface area contributed by atoms with Crippen molar-refractivity contribution in [2.75, 3.05) is 0 Å². The average molecular weight is 214 g/mol. The molecule has 1 heterocycles. The van der Waals surface area contributed by atoms with E-state index in [1.165, 1.54) is 12.2 Å². The summed E-state index contributed by atoms with van der Waals surface area (Å²) in [4.78, 5) is 0. The third kappa shape index (κ3) is 2.66. The molecule has 1 fully saturated rings. The average Bonchev–Trinajstić information content (AvgIpc) is 2.52. The molecule has 1 aliphatic rings. The van der Waals surface area contributed by atoms with Crippen molar-refractivity contribution < 1.29 is 19.7 Å². The summed E-state index contributed by atoms with van der Waals surface area (Å²) in [6.07, 6.45) is -0.259. The Morgan fingerprint density at radius 3 is 1.67 bits per heavy atom. The quantitative estimate of drug-likeness (QED) is 0.673. The van der Waals surface area contributed by atoms with Crippen LogP contribution in [0.15, 0.2) is 25.3 Å². The van der Waals surface area contributed by atoms with Gasteiger partial charge in [-0.3, -0.25) is 0 Å². The number of ether oxygens (including phenoxy) is 2. The highest BCUT2D eigenvalue weighted by Gasteiger charge is 2.46. The summed E-state index contributed by atoms with van der Waals surface area (Å²) < 4.78 is 11.0. The molecule has 86 valence electrons. The molecule has 1 saturated heterocycles. The minimum Gasteiger partial charge on any atom is -0.386 e. The first-order chi connectivity index (χ1) is 6.91. The van der Waals surface area contributed by atoms with Crippen molar-refractivity contribution in [3.05, 3.63) is 25.3 Å². The van der Waals surface area contributed by atoms with Gasteiger partial charge in [0.05, 0.1) is 0 Å². The zero-order valence-corrected chi connectivity index (χ0v) is 9.09. The molecule has 4 nitrogen and oxygen atoms in total. The van der Waals surface area contributed by atoms with Gasteiger partial charge in [0.1, 0.15) is 24.4 Å². The third-order valence-electron chi connectivity index (χ3n) is 2.32. The van der Waals surface area contributed by atoms with Crippen molar-refractivity contribution in [2.45, 2.75) is 44.1 Å². The molecule has 0 spiro atoms. The van der Waals surface area contributed by atoms with Crippen LogP contribution in [0.5, 0.6) is 0 Å². The lowest BCUT2D eigenvalue weighted by atomic mass is 10.0. The third-order valence-corrected chi connectivity index (χ3v) is 2.32. The Labute approximate surface area is 89.8 Å². The van der Waals surface area contributed by atoms with E-state index in [1.807, 2.05) is 0 Å². The van der Waals surface area contributed by atoms with Gasteiger partial charge in [-0.2, -0.15) is 0 Å². The zero-order chi connectivity index (χ0) is 11.6. The molecule has 0 aliphatic carbocycles. The van der Waals surface area contributed by atoms with Gasteiger partial charge in [-0.1, -0.05) is 12.2 Å². The Morgan fingerprint density at radius 1 is 1.07 bits per heavy atom. The molecule has 1 aliphatic heterocycles. The lowest BCUT2D eigenvalue weighted by Crippen LogP contribution is -2.40. The van der Waals surface area contributed by atoms with Crippen molar-refractivity contribution in [1.29, 1.82) is 0 Å². The standard InChI is InChI=1S/C11H18O4/c1-5-7(12)9-10(8(13)6-2)15-11(3,4)14-9/h5-10,12-13H,1-2H2,3-4H3/t7-,8?,9-,10?/m0/s1.